The molecule has 0 spiro atoms. The minimum absolute atomic E-state index is 0.168. The van der Waals surface area contributed by atoms with E-state index in [4.69, 9.17) is 11.6 Å². The van der Waals surface area contributed by atoms with Gasteiger partial charge in [0.1, 0.15) is 0 Å². The average molecular weight is 310 g/mol. The molecule has 0 saturated heterocycles. The standard InChI is InChI=1S/C10H16ClN3O2S2/c1-2-14(8-3-4-8)6-5-13-18(15,16)9-7-12-10(11)17-9/h7-8,13H,2-6H2,1H3. The smallest absolute Gasteiger partial charge is 0.251 e. The van der Waals surface area contributed by atoms with E-state index in [2.05, 4.69) is 21.5 Å². The van der Waals surface area contributed by atoms with Gasteiger partial charge in [-0.05, 0) is 19.4 Å². The second kappa shape index (κ2) is 5.83. The molecule has 0 aliphatic heterocycles. The second-order valence-corrected chi connectivity index (χ2v) is 7.80. The Bertz CT molecular complexity index is 499. The number of sulfonamides is 1. The number of nitrogens with zero attached hydrogens (tertiary/aromatic N) is 2. The predicted octanol–water partition coefficient (Wildman–Crippen LogP) is 1.56. The predicted molar refractivity (Wildman–Crippen MR) is 72.6 cm³/mol. The Hall–Kier alpha value is -0.210. The molecule has 0 atom stereocenters. The van der Waals surface area contributed by atoms with Gasteiger partial charge < -0.3 is 0 Å². The quantitative estimate of drug-likeness (QED) is 0.830. The first-order valence-electron chi connectivity index (χ1n) is 5.88. The van der Waals surface area contributed by atoms with E-state index < -0.39 is 10.0 Å². The Kier molecular flexibility index (Phi) is 4.60. The van der Waals surface area contributed by atoms with Crippen molar-refractivity contribution in [1.29, 1.82) is 0 Å². The van der Waals surface area contributed by atoms with Crippen molar-refractivity contribution >= 4 is 33.0 Å². The number of hydrogen-bond acceptors (Lipinski definition) is 5. The lowest BCUT2D eigenvalue weighted by Crippen LogP contribution is -2.35. The molecule has 1 aromatic heterocycles. The van der Waals surface area contributed by atoms with E-state index in [1.807, 2.05) is 0 Å². The molecule has 0 amide bonds. The van der Waals surface area contributed by atoms with E-state index in [0.29, 0.717) is 12.6 Å². The van der Waals surface area contributed by atoms with Crippen LogP contribution in [0.25, 0.3) is 0 Å². The molecule has 2 rings (SSSR count). The molecule has 102 valence electrons. The molecule has 1 aromatic rings. The van der Waals surface area contributed by atoms with Gasteiger partial charge in [0.2, 0.25) is 0 Å². The van der Waals surface area contributed by atoms with Crippen molar-refractivity contribution in [3.8, 4) is 0 Å². The highest BCUT2D eigenvalue weighted by Gasteiger charge is 2.27. The molecule has 1 saturated carbocycles. The molecule has 1 heterocycles. The Balaban J connectivity index is 1.85. The second-order valence-electron chi connectivity index (χ2n) is 4.19. The minimum Gasteiger partial charge on any atom is -0.299 e. The topological polar surface area (TPSA) is 62.3 Å². The Morgan fingerprint density at radius 1 is 1.61 bits per heavy atom. The van der Waals surface area contributed by atoms with E-state index >= 15 is 0 Å². The van der Waals surface area contributed by atoms with Gasteiger partial charge >= 0.3 is 0 Å². The monoisotopic (exact) mass is 309 g/mol. The molecular formula is C10H16ClN3O2S2. The number of aromatic nitrogens is 1. The lowest BCUT2D eigenvalue weighted by molar-refractivity contribution is 0.282. The van der Waals surface area contributed by atoms with Gasteiger partial charge in [0.25, 0.3) is 10.0 Å². The van der Waals surface area contributed by atoms with Crippen LogP contribution in [0.2, 0.25) is 4.47 Å². The zero-order valence-electron chi connectivity index (χ0n) is 10.1. The molecular weight excluding hydrogens is 294 g/mol. The largest absolute Gasteiger partial charge is 0.299 e. The number of hydrogen-bond donors (Lipinski definition) is 1. The Labute approximate surface area is 116 Å². The average Bonchev–Trinajstić information content (AvgIpc) is 3.06. The van der Waals surface area contributed by atoms with Gasteiger partial charge in [0.15, 0.2) is 8.68 Å². The molecule has 0 radical (unpaired) electrons. The maximum Gasteiger partial charge on any atom is 0.251 e. The summed E-state index contributed by atoms with van der Waals surface area (Å²) in [5.41, 5.74) is 0. The summed E-state index contributed by atoms with van der Waals surface area (Å²) < 4.78 is 26.8. The summed E-state index contributed by atoms with van der Waals surface area (Å²) >= 11 is 6.60. The third kappa shape index (κ3) is 3.64. The molecule has 1 aliphatic carbocycles. The molecule has 1 N–H and O–H groups in total. The van der Waals surface area contributed by atoms with Crippen molar-refractivity contribution < 1.29 is 8.42 Å². The maximum atomic E-state index is 11.9. The fourth-order valence-corrected chi connectivity index (χ4v) is 4.16. The van der Waals surface area contributed by atoms with Gasteiger partial charge in [-0.3, -0.25) is 4.90 Å². The van der Waals surface area contributed by atoms with E-state index in [9.17, 15) is 8.42 Å². The first kappa shape index (κ1) is 14.2. The van der Waals surface area contributed by atoms with Crippen LogP contribution in [0.3, 0.4) is 0 Å². The Morgan fingerprint density at radius 2 is 2.33 bits per heavy atom. The number of rotatable bonds is 7. The van der Waals surface area contributed by atoms with Crippen molar-refractivity contribution in [2.45, 2.75) is 30.0 Å². The van der Waals surface area contributed by atoms with Gasteiger partial charge in [-0.1, -0.05) is 29.9 Å². The molecule has 1 aliphatic rings. The summed E-state index contributed by atoms with van der Waals surface area (Å²) in [4.78, 5) is 6.03. The molecule has 0 aromatic carbocycles. The van der Waals surface area contributed by atoms with Gasteiger partial charge in [0, 0.05) is 19.1 Å². The third-order valence-electron chi connectivity index (χ3n) is 2.88. The van der Waals surface area contributed by atoms with Gasteiger partial charge in [-0.15, -0.1) is 0 Å². The van der Waals surface area contributed by atoms with Crippen molar-refractivity contribution in [2.75, 3.05) is 19.6 Å². The first-order chi connectivity index (χ1) is 8.53. The van der Waals surface area contributed by atoms with Crippen molar-refractivity contribution in [1.82, 2.24) is 14.6 Å². The van der Waals surface area contributed by atoms with Gasteiger partial charge in [0.05, 0.1) is 6.20 Å². The SMILES string of the molecule is CCN(CCNS(=O)(=O)c1cnc(Cl)s1)C1CC1. The van der Waals surface area contributed by atoms with Crippen LogP contribution in [0.4, 0.5) is 0 Å². The molecule has 18 heavy (non-hydrogen) atoms. The van der Waals surface area contributed by atoms with Crippen LogP contribution < -0.4 is 4.72 Å². The van der Waals surface area contributed by atoms with Crippen molar-refractivity contribution in [3.63, 3.8) is 0 Å². The number of nitrogens with one attached hydrogen (secondary N) is 1. The van der Waals surface area contributed by atoms with Crippen LogP contribution in [-0.2, 0) is 10.0 Å². The normalized spacial score (nSPS) is 16.4. The number of thiazole rings is 1. The van der Waals surface area contributed by atoms with E-state index in [-0.39, 0.29) is 8.68 Å². The van der Waals surface area contributed by atoms with Crippen molar-refractivity contribution in [3.05, 3.63) is 10.7 Å². The zero-order chi connectivity index (χ0) is 13.2. The Morgan fingerprint density at radius 3 is 2.83 bits per heavy atom. The van der Waals surface area contributed by atoms with Crippen LogP contribution in [0.15, 0.2) is 10.4 Å². The van der Waals surface area contributed by atoms with Crippen LogP contribution in [0.1, 0.15) is 19.8 Å². The summed E-state index contributed by atoms with van der Waals surface area (Å²) in [6, 6.07) is 0.650. The van der Waals surface area contributed by atoms with Gasteiger partial charge in [-0.2, -0.15) is 0 Å². The highest BCUT2D eigenvalue weighted by atomic mass is 35.5. The molecule has 5 nitrogen and oxygen atoms in total. The fraction of sp³-hybridized carbons (Fsp3) is 0.700. The maximum absolute atomic E-state index is 11.9. The van der Waals surface area contributed by atoms with E-state index in [1.54, 1.807) is 0 Å². The van der Waals surface area contributed by atoms with Crippen molar-refractivity contribution in [2.24, 2.45) is 0 Å². The van der Waals surface area contributed by atoms with Gasteiger partial charge in [-0.25, -0.2) is 18.1 Å². The lowest BCUT2D eigenvalue weighted by Gasteiger charge is -2.19. The van der Waals surface area contributed by atoms with Crippen LogP contribution in [-0.4, -0.2) is 44.0 Å². The molecule has 0 unspecified atom stereocenters. The highest BCUT2D eigenvalue weighted by Crippen LogP contribution is 2.26. The fourth-order valence-electron chi connectivity index (χ4n) is 1.80. The minimum atomic E-state index is -3.45. The summed E-state index contributed by atoms with van der Waals surface area (Å²) in [6.07, 6.45) is 3.74. The van der Waals surface area contributed by atoms with E-state index in [1.165, 1.54) is 19.0 Å². The number of halogens is 1. The summed E-state index contributed by atoms with van der Waals surface area (Å²) in [5, 5.41) is 0. The zero-order valence-corrected chi connectivity index (χ0v) is 12.5. The summed E-state index contributed by atoms with van der Waals surface area (Å²) in [5.74, 6) is 0. The molecule has 1 fully saturated rings. The summed E-state index contributed by atoms with van der Waals surface area (Å²) in [7, 11) is -3.45. The third-order valence-corrected chi connectivity index (χ3v) is 5.92. The van der Waals surface area contributed by atoms with Crippen LogP contribution in [0, 0.1) is 0 Å². The van der Waals surface area contributed by atoms with Crippen LogP contribution >= 0.6 is 22.9 Å². The van der Waals surface area contributed by atoms with E-state index in [0.717, 1.165) is 24.4 Å². The van der Waals surface area contributed by atoms with Crippen LogP contribution in [0.5, 0.6) is 0 Å². The lowest BCUT2D eigenvalue weighted by atomic mass is 10.4. The molecule has 8 heteroatoms. The number of likely N-dealkylation sites (N-methyl/N-ethyl adjacent to an activating group) is 1. The summed E-state index contributed by atoms with van der Waals surface area (Å²) in [6.45, 7) is 4.21. The first-order valence-corrected chi connectivity index (χ1v) is 8.55. The highest BCUT2D eigenvalue weighted by molar-refractivity contribution is 7.91. The molecule has 0 bridgehead atoms.